The molecule has 2 saturated carbocycles. The second-order valence-electron chi connectivity index (χ2n) is 6.14. The number of aryl methyl sites for hydroxylation is 1. The molecule has 1 N–H and O–H groups in total. The molecule has 1 amide bonds. The third-order valence-electron chi connectivity index (χ3n) is 4.74. The number of aromatic nitrogens is 1. The first-order valence-corrected chi connectivity index (χ1v) is 8.46. The van der Waals surface area contributed by atoms with Gasteiger partial charge < -0.3 is 5.32 Å². The summed E-state index contributed by atoms with van der Waals surface area (Å²) in [6.07, 6.45) is 10.2. The van der Waals surface area contributed by atoms with Crippen LogP contribution in [0.4, 0.5) is 0 Å². The van der Waals surface area contributed by atoms with Gasteiger partial charge in [0.1, 0.15) is 0 Å². The Balaban J connectivity index is 1.38. The molecule has 2 aliphatic carbocycles. The molecule has 1 heterocycles. The number of thiazole rings is 1. The van der Waals surface area contributed by atoms with Crippen LogP contribution in [0.25, 0.3) is 6.08 Å². The van der Waals surface area contributed by atoms with Gasteiger partial charge in [-0.1, -0.05) is 6.42 Å². The number of fused-ring (bicyclic) bond motifs is 2. The van der Waals surface area contributed by atoms with Gasteiger partial charge in [-0.25, -0.2) is 4.98 Å². The highest BCUT2D eigenvalue weighted by Crippen LogP contribution is 2.49. The van der Waals surface area contributed by atoms with Crippen LogP contribution in [0.3, 0.4) is 0 Å². The third kappa shape index (κ3) is 3.29. The lowest BCUT2D eigenvalue weighted by Gasteiger charge is -2.21. The molecule has 3 rings (SSSR count). The number of carbonyl (C=O) groups is 1. The number of nitrogens with zero attached hydrogens (tertiary/aromatic N) is 1. The van der Waals surface area contributed by atoms with E-state index in [1.807, 2.05) is 12.3 Å². The Morgan fingerprint density at radius 2 is 2.40 bits per heavy atom. The Labute approximate surface area is 124 Å². The molecular formula is C16H22N2OS. The van der Waals surface area contributed by atoms with E-state index in [4.69, 9.17) is 0 Å². The molecular weight excluding hydrogens is 268 g/mol. The van der Waals surface area contributed by atoms with Gasteiger partial charge in [-0.15, -0.1) is 11.3 Å². The first kappa shape index (κ1) is 13.8. The highest BCUT2D eigenvalue weighted by molar-refractivity contribution is 7.09. The van der Waals surface area contributed by atoms with Crippen LogP contribution in [-0.2, 0) is 4.79 Å². The minimum Gasteiger partial charge on any atom is -0.353 e. The van der Waals surface area contributed by atoms with Gasteiger partial charge in [0.25, 0.3) is 0 Å². The summed E-state index contributed by atoms with van der Waals surface area (Å²) in [4.78, 5) is 16.0. The molecule has 0 aliphatic heterocycles. The molecule has 2 fully saturated rings. The van der Waals surface area contributed by atoms with Crippen molar-refractivity contribution < 1.29 is 4.79 Å². The Morgan fingerprint density at radius 3 is 3.05 bits per heavy atom. The number of amides is 1. The van der Waals surface area contributed by atoms with Gasteiger partial charge in [-0.05, 0) is 56.4 Å². The van der Waals surface area contributed by atoms with Crippen molar-refractivity contribution in [3.05, 3.63) is 22.2 Å². The fourth-order valence-electron chi connectivity index (χ4n) is 3.79. The Kier molecular flexibility index (Phi) is 4.20. The minimum absolute atomic E-state index is 0.00110. The SMILES string of the molecule is Cc1nc(/C=C/C(=O)NCCC2CC3CCC2C3)cs1. The van der Waals surface area contributed by atoms with Crippen molar-refractivity contribution in [2.45, 2.75) is 39.0 Å². The zero-order valence-corrected chi connectivity index (χ0v) is 12.8. The van der Waals surface area contributed by atoms with Crippen LogP contribution in [0, 0.1) is 24.7 Å². The van der Waals surface area contributed by atoms with Gasteiger partial charge in [0, 0.05) is 18.0 Å². The Morgan fingerprint density at radius 1 is 1.50 bits per heavy atom. The highest BCUT2D eigenvalue weighted by atomic mass is 32.1. The molecule has 3 unspecified atom stereocenters. The van der Waals surface area contributed by atoms with Gasteiger partial charge in [-0.3, -0.25) is 4.79 Å². The largest absolute Gasteiger partial charge is 0.353 e. The lowest BCUT2D eigenvalue weighted by molar-refractivity contribution is -0.116. The summed E-state index contributed by atoms with van der Waals surface area (Å²) in [6, 6.07) is 0. The Bertz CT molecular complexity index is 508. The van der Waals surface area contributed by atoms with E-state index in [-0.39, 0.29) is 5.91 Å². The molecule has 4 heteroatoms. The number of hydrogen-bond acceptors (Lipinski definition) is 3. The molecule has 0 radical (unpaired) electrons. The normalized spacial score (nSPS) is 28.4. The molecule has 3 atom stereocenters. The summed E-state index contributed by atoms with van der Waals surface area (Å²) in [7, 11) is 0. The second kappa shape index (κ2) is 6.08. The number of carbonyl (C=O) groups excluding carboxylic acids is 1. The van der Waals surface area contributed by atoms with Gasteiger partial charge >= 0.3 is 0 Å². The van der Waals surface area contributed by atoms with Gasteiger partial charge in [-0.2, -0.15) is 0 Å². The van der Waals surface area contributed by atoms with Crippen molar-refractivity contribution in [2.24, 2.45) is 17.8 Å². The number of nitrogens with one attached hydrogen (secondary N) is 1. The van der Waals surface area contributed by atoms with Crippen molar-refractivity contribution in [3.8, 4) is 0 Å². The quantitative estimate of drug-likeness (QED) is 0.844. The van der Waals surface area contributed by atoms with Gasteiger partial charge in [0.05, 0.1) is 10.7 Å². The summed E-state index contributed by atoms with van der Waals surface area (Å²) >= 11 is 1.60. The smallest absolute Gasteiger partial charge is 0.244 e. The van der Waals surface area contributed by atoms with Crippen molar-refractivity contribution >= 4 is 23.3 Å². The van der Waals surface area contributed by atoms with E-state index < -0.39 is 0 Å². The molecule has 20 heavy (non-hydrogen) atoms. The van der Waals surface area contributed by atoms with Crippen LogP contribution in [0.2, 0.25) is 0 Å². The molecule has 1 aromatic heterocycles. The summed E-state index contributed by atoms with van der Waals surface area (Å²) in [5.74, 6) is 2.80. The van der Waals surface area contributed by atoms with E-state index in [0.29, 0.717) is 0 Å². The lowest BCUT2D eigenvalue weighted by atomic mass is 9.86. The third-order valence-corrected chi connectivity index (χ3v) is 5.53. The van der Waals surface area contributed by atoms with Crippen LogP contribution >= 0.6 is 11.3 Å². The zero-order chi connectivity index (χ0) is 13.9. The molecule has 0 aromatic carbocycles. The van der Waals surface area contributed by atoms with E-state index in [1.54, 1.807) is 23.5 Å². The van der Waals surface area contributed by atoms with Crippen molar-refractivity contribution in [3.63, 3.8) is 0 Å². The van der Waals surface area contributed by atoms with Crippen molar-refractivity contribution in [1.82, 2.24) is 10.3 Å². The Hall–Kier alpha value is -1.16. The van der Waals surface area contributed by atoms with Crippen LogP contribution in [0.1, 0.15) is 42.8 Å². The zero-order valence-electron chi connectivity index (χ0n) is 12.0. The topological polar surface area (TPSA) is 42.0 Å². The fraction of sp³-hybridized carbons (Fsp3) is 0.625. The number of hydrogen-bond donors (Lipinski definition) is 1. The fourth-order valence-corrected chi connectivity index (χ4v) is 4.37. The molecule has 108 valence electrons. The maximum absolute atomic E-state index is 11.7. The van der Waals surface area contributed by atoms with E-state index in [2.05, 4.69) is 10.3 Å². The highest BCUT2D eigenvalue weighted by Gasteiger charge is 2.38. The molecule has 0 spiro atoms. The summed E-state index contributed by atoms with van der Waals surface area (Å²) < 4.78 is 0. The molecule has 2 bridgehead atoms. The van der Waals surface area contributed by atoms with E-state index in [0.717, 1.165) is 41.4 Å². The van der Waals surface area contributed by atoms with Gasteiger partial charge in [0.15, 0.2) is 0 Å². The monoisotopic (exact) mass is 290 g/mol. The first-order valence-electron chi connectivity index (χ1n) is 7.59. The second-order valence-corrected chi connectivity index (χ2v) is 7.20. The van der Waals surface area contributed by atoms with Crippen molar-refractivity contribution in [1.29, 1.82) is 0 Å². The lowest BCUT2D eigenvalue weighted by Crippen LogP contribution is -2.25. The van der Waals surface area contributed by atoms with Crippen molar-refractivity contribution in [2.75, 3.05) is 6.54 Å². The first-order chi connectivity index (χ1) is 9.70. The molecule has 0 saturated heterocycles. The molecule has 1 aromatic rings. The molecule has 2 aliphatic rings. The van der Waals surface area contributed by atoms with Crippen LogP contribution in [0.5, 0.6) is 0 Å². The minimum atomic E-state index is -0.00110. The number of rotatable bonds is 5. The van der Waals surface area contributed by atoms with Crippen LogP contribution < -0.4 is 5.32 Å². The maximum Gasteiger partial charge on any atom is 0.244 e. The average Bonchev–Trinajstić information content (AvgIpc) is 3.13. The van der Waals surface area contributed by atoms with E-state index in [1.165, 1.54) is 25.7 Å². The van der Waals surface area contributed by atoms with Crippen LogP contribution in [-0.4, -0.2) is 17.4 Å². The predicted octanol–water partition coefficient (Wildman–Crippen LogP) is 3.41. The summed E-state index contributed by atoms with van der Waals surface area (Å²) in [5, 5.41) is 5.99. The summed E-state index contributed by atoms with van der Waals surface area (Å²) in [5.41, 5.74) is 0.871. The van der Waals surface area contributed by atoms with E-state index in [9.17, 15) is 4.79 Å². The summed E-state index contributed by atoms with van der Waals surface area (Å²) in [6.45, 7) is 2.78. The predicted molar refractivity (Wildman–Crippen MR) is 82.4 cm³/mol. The molecule has 3 nitrogen and oxygen atoms in total. The average molecular weight is 290 g/mol. The maximum atomic E-state index is 11.7. The van der Waals surface area contributed by atoms with Gasteiger partial charge in [0.2, 0.25) is 5.91 Å². The van der Waals surface area contributed by atoms with E-state index >= 15 is 0 Å². The van der Waals surface area contributed by atoms with Crippen LogP contribution in [0.15, 0.2) is 11.5 Å². The standard InChI is InChI=1S/C16H22N2OS/c1-11-18-15(10-20-11)4-5-16(19)17-7-6-14-9-12-2-3-13(14)8-12/h4-5,10,12-14H,2-3,6-9H2,1H3,(H,17,19)/b5-4+.